The molecule has 1 aromatic rings. The van der Waals surface area contributed by atoms with E-state index in [0.29, 0.717) is 51.2 Å². The molecule has 1 atom stereocenters. The van der Waals surface area contributed by atoms with Crippen LogP contribution in [0.25, 0.3) is 0 Å². The van der Waals surface area contributed by atoms with Gasteiger partial charge in [-0.3, -0.25) is 9.59 Å². The predicted octanol–water partition coefficient (Wildman–Crippen LogP) is 3.01. The van der Waals surface area contributed by atoms with Gasteiger partial charge in [0.1, 0.15) is 0 Å². The molecule has 2 aliphatic rings. The lowest BCUT2D eigenvalue weighted by Gasteiger charge is -2.33. The van der Waals surface area contributed by atoms with Gasteiger partial charge in [-0.25, -0.2) is 4.79 Å². The van der Waals surface area contributed by atoms with Crippen molar-refractivity contribution in [1.29, 1.82) is 0 Å². The molecule has 2 aliphatic heterocycles. The average molecular weight is 416 g/mol. The minimum absolute atomic E-state index is 0.00977. The second kappa shape index (κ2) is 10.5. The highest BCUT2D eigenvalue weighted by Crippen LogP contribution is 2.28. The summed E-state index contributed by atoms with van der Waals surface area (Å²) in [7, 11) is 0. The average Bonchev–Trinajstić information content (AvgIpc) is 2.79. The van der Waals surface area contributed by atoms with Gasteiger partial charge in [0, 0.05) is 44.2 Å². The van der Waals surface area contributed by atoms with Crippen LogP contribution in [0.1, 0.15) is 61.4 Å². The standard InChI is InChI=1S/C23H33N3O4/c1-3-24-23(29)26-12-6-9-20(16-26)18-7-5-8-19(15-18)21(27)25-13-10-17(11-14-25)22(28)30-4-2/h5,7-8,15,17,20H,3-4,6,9-14,16H2,1-2H3,(H,24,29)/t20-/m0/s1. The molecule has 0 radical (unpaired) electrons. The van der Waals surface area contributed by atoms with Crippen molar-refractivity contribution in [3.8, 4) is 0 Å². The molecule has 1 aromatic carbocycles. The SMILES string of the molecule is CCNC(=O)N1CCC[C@H](c2cccc(C(=O)N3CCC(C(=O)OCC)CC3)c2)C1. The van der Waals surface area contributed by atoms with Crippen LogP contribution in [0.15, 0.2) is 24.3 Å². The van der Waals surface area contributed by atoms with Gasteiger partial charge in [0.25, 0.3) is 5.91 Å². The van der Waals surface area contributed by atoms with E-state index >= 15 is 0 Å². The summed E-state index contributed by atoms with van der Waals surface area (Å²) in [4.78, 5) is 40.8. The number of amides is 3. The van der Waals surface area contributed by atoms with Crippen LogP contribution in [0.2, 0.25) is 0 Å². The van der Waals surface area contributed by atoms with Crippen LogP contribution in [0, 0.1) is 5.92 Å². The smallest absolute Gasteiger partial charge is 0.317 e. The minimum Gasteiger partial charge on any atom is -0.466 e. The number of nitrogens with one attached hydrogen (secondary N) is 1. The van der Waals surface area contributed by atoms with Gasteiger partial charge in [-0.05, 0) is 57.2 Å². The molecule has 3 amide bonds. The number of hydrogen-bond acceptors (Lipinski definition) is 4. The second-order valence-corrected chi connectivity index (χ2v) is 8.06. The lowest BCUT2D eigenvalue weighted by Crippen LogP contribution is -2.44. The number of urea groups is 1. The molecule has 0 bridgehead atoms. The number of carbonyl (C=O) groups is 3. The van der Waals surface area contributed by atoms with E-state index in [1.165, 1.54) is 0 Å². The summed E-state index contributed by atoms with van der Waals surface area (Å²) in [5, 5.41) is 2.87. The van der Waals surface area contributed by atoms with Gasteiger partial charge in [0.2, 0.25) is 0 Å². The summed E-state index contributed by atoms with van der Waals surface area (Å²) in [5.41, 5.74) is 1.79. The number of nitrogens with zero attached hydrogens (tertiary/aromatic N) is 2. The molecule has 3 rings (SSSR count). The number of piperidine rings is 2. The maximum atomic E-state index is 13.0. The Morgan fingerprint density at radius 1 is 1.07 bits per heavy atom. The summed E-state index contributed by atoms with van der Waals surface area (Å²) in [6, 6.07) is 7.80. The fourth-order valence-corrected chi connectivity index (χ4v) is 4.38. The second-order valence-electron chi connectivity index (χ2n) is 8.06. The van der Waals surface area contributed by atoms with Gasteiger partial charge >= 0.3 is 12.0 Å². The van der Waals surface area contributed by atoms with E-state index in [9.17, 15) is 14.4 Å². The molecule has 0 aliphatic carbocycles. The molecule has 7 nitrogen and oxygen atoms in total. The van der Waals surface area contributed by atoms with E-state index < -0.39 is 0 Å². The van der Waals surface area contributed by atoms with Crippen molar-refractivity contribution >= 4 is 17.9 Å². The van der Waals surface area contributed by atoms with Gasteiger partial charge in [0.15, 0.2) is 0 Å². The fourth-order valence-electron chi connectivity index (χ4n) is 4.38. The van der Waals surface area contributed by atoms with Crippen LogP contribution in [-0.4, -0.2) is 67.0 Å². The van der Waals surface area contributed by atoms with Crippen molar-refractivity contribution in [1.82, 2.24) is 15.1 Å². The Morgan fingerprint density at radius 3 is 2.53 bits per heavy atom. The first-order valence-electron chi connectivity index (χ1n) is 11.1. The molecule has 2 heterocycles. The van der Waals surface area contributed by atoms with E-state index in [1.807, 2.05) is 41.8 Å². The maximum absolute atomic E-state index is 13.0. The molecule has 0 unspecified atom stereocenters. The van der Waals surface area contributed by atoms with Crippen molar-refractivity contribution in [3.63, 3.8) is 0 Å². The Hall–Kier alpha value is -2.57. The lowest BCUT2D eigenvalue weighted by atomic mass is 9.89. The van der Waals surface area contributed by atoms with Crippen molar-refractivity contribution in [2.75, 3.05) is 39.3 Å². The first-order chi connectivity index (χ1) is 14.5. The molecule has 7 heteroatoms. The van der Waals surface area contributed by atoms with Gasteiger partial charge < -0.3 is 19.9 Å². The number of hydrogen-bond donors (Lipinski definition) is 1. The summed E-state index contributed by atoms with van der Waals surface area (Å²) in [6.07, 6.45) is 3.27. The summed E-state index contributed by atoms with van der Waals surface area (Å²) in [5.74, 6) is -0.0115. The summed E-state index contributed by atoms with van der Waals surface area (Å²) < 4.78 is 5.11. The van der Waals surface area contributed by atoms with E-state index in [2.05, 4.69) is 11.4 Å². The summed E-state index contributed by atoms with van der Waals surface area (Å²) >= 11 is 0. The van der Waals surface area contributed by atoms with Gasteiger partial charge in [0.05, 0.1) is 12.5 Å². The molecule has 2 saturated heterocycles. The van der Waals surface area contributed by atoms with Crippen LogP contribution >= 0.6 is 0 Å². The third-order valence-corrected chi connectivity index (χ3v) is 6.04. The molecular formula is C23H33N3O4. The number of esters is 1. The van der Waals surface area contributed by atoms with Crippen molar-refractivity contribution in [2.45, 2.75) is 45.4 Å². The van der Waals surface area contributed by atoms with E-state index in [-0.39, 0.29) is 29.7 Å². The van der Waals surface area contributed by atoms with Crippen molar-refractivity contribution in [2.24, 2.45) is 5.92 Å². The van der Waals surface area contributed by atoms with Crippen LogP contribution < -0.4 is 5.32 Å². The maximum Gasteiger partial charge on any atom is 0.317 e. The highest BCUT2D eigenvalue weighted by molar-refractivity contribution is 5.94. The first kappa shape index (κ1) is 22.1. The van der Waals surface area contributed by atoms with Gasteiger partial charge in [-0.15, -0.1) is 0 Å². The zero-order chi connectivity index (χ0) is 21.5. The number of rotatable bonds is 5. The minimum atomic E-state index is -0.152. The highest BCUT2D eigenvalue weighted by Gasteiger charge is 2.29. The van der Waals surface area contributed by atoms with Crippen LogP contribution in [-0.2, 0) is 9.53 Å². The number of benzene rings is 1. The zero-order valence-electron chi connectivity index (χ0n) is 18.1. The zero-order valence-corrected chi connectivity index (χ0v) is 18.1. The third-order valence-electron chi connectivity index (χ3n) is 6.04. The van der Waals surface area contributed by atoms with Gasteiger partial charge in [-0.2, -0.15) is 0 Å². The Labute approximate surface area is 178 Å². The van der Waals surface area contributed by atoms with E-state index in [0.717, 1.165) is 24.9 Å². The largest absolute Gasteiger partial charge is 0.466 e. The topological polar surface area (TPSA) is 79.0 Å². The van der Waals surface area contributed by atoms with Crippen LogP contribution in [0.5, 0.6) is 0 Å². The van der Waals surface area contributed by atoms with Crippen molar-refractivity contribution < 1.29 is 19.1 Å². The Bertz CT molecular complexity index is 759. The molecule has 1 N–H and O–H groups in total. The Kier molecular flexibility index (Phi) is 7.71. The predicted molar refractivity (Wildman–Crippen MR) is 114 cm³/mol. The summed E-state index contributed by atoms with van der Waals surface area (Å²) in [6.45, 7) is 7.34. The monoisotopic (exact) mass is 415 g/mol. The molecule has 0 spiro atoms. The quantitative estimate of drug-likeness (QED) is 0.750. The molecule has 0 saturated carbocycles. The van der Waals surface area contributed by atoms with E-state index in [4.69, 9.17) is 4.74 Å². The number of ether oxygens (including phenoxy) is 1. The molecule has 30 heavy (non-hydrogen) atoms. The fraction of sp³-hybridized carbons (Fsp3) is 0.609. The molecule has 164 valence electrons. The lowest BCUT2D eigenvalue weighted by molar-refractivity contribution is -0.149. The van der Waals surface area contributed by atoms with Gasteiger partial charge in [-0.1, -0.05) is 12.1 Å². The number of carbonyl (C=O) groups excluding carboxylic acids is 3. The third kappa shape index (κ3) is 5.32. The molecular weight excluding hydrogens is 382 g/mol. The van der Waals surface area contributed by atoms with Crippen LogP contribution in [0.4, 0.5) is 4.79 Å². The first-order valence-corrected chi connectivity index (χ1v) is 11.1. The Balaban J connectivity index is 1.62. The Morgan fingerprint density at radius 2 is 1.83 bits per heavy atom. The molecule has 0 aromatic heterocycles. The van der Waals surface area contributed by atoms with Crippen LogP contribution in [0.3, 0.4) is 0 Å². The highest BCUT2D eigenvalue weighted by atomic mass is 16.5. The van der Waals surface area contributed by atoms with E-state index in [1.54, 1.807) is 0 Å². The number of likely N-dealkylation sites (tertiary alicyclic amines) is 2. The molecule has 2 fully saturated rings. The van der Waals surface area contributed by atoms with Crippen molar-refractivity contribution in [3.05, 3.63) is 35.4 Å². The normalized spacial score (nSPS) is 20.0.